The van der Waals surface area contributed by atoms with Crippen molar-refractivity contribution in [1.82, 2.24) is 0 Å². The van der Waals surface area contributed by atoms with Crippen molar-refractivity contribution >= 4 is 17.9 Å². The highest BCUT2D eigenvalue weighted by molar-refractivity contribution is 7.71. The fourth-order valence-electron chi connectivity index (χ4n) is 2.80. The Labute approximate surface area is 148 Å². The molecule has 0 fully saturated rings. The average molecular weight is 335 g/mol. The van der Waals surface area contributed by atoms with Gasteiger partial charge in [0, 0.05) is 15.8 Å². The van der Waals surface area contributed by atoms with E-state index in [9.17, 15) is 0 Å². The lowest BCUT2D eigenvalue weighted by Crippen LogP contribution is -2.03. The zero-order valence-electron chi connectivity index (χ0n) is 14.0. The summed E-state index contributed by atoms with van der Waals surface area (Å²) in [5, 5.41) is 3.43. The van der Waals surface area contributed by atoms with Gasteiger partial charge >= 0.3 is 0 Å². The molecule has 0 aliphatic heterocycles. The summed E-state index contributed by atoms with van der Waals surface area (Å²) in [6.07, 6.45) is 0.882. The molecular weight excluding hydrogens is 314 g/mol. The first-order chi connectivity index (χ1) is 11.7. The van der Waals surface area contributed by atoms with Gasteiger partial charge in [-0.05, 0) is 42.7 Å². The van der Waals surface area contributed by atoms with Crippen LogP contribution in [0.25, 0.3) is 11.1 Å². The van der Waals surface area contributed by atoms with Crippen molar-refractivity contribution in [2.45, 2.75) is 26.8 Å². The zero-order chi connectivity index (χ0) is 16.9. The molecule has 24 heavy (non-hydrogen) atoms. The van der Waals surface area contributed by atoms with E-state index in [0.29, 0.717) is 6.54 Å². The van der Waals surface area contributed by atoms with Crippen LogP contribution in [0.15, 0.2) is 65.1 Å². The summed E-state index contributed by atoms with van der Waals surface area (Å²) < 4.78 is 6.75. The maximum atomic E-state index is 5.87. The van der Waals surface area contributed by atoms with Gasteiger partial charge in [-0.1, -0.05) is 61.6 Å². The molecule has 3 heteroatoms. The molecule has 0 unspecified atom stereocenters. The Bertz CT molecular complexity index is 867. The van der Waals surface area contributed by atoms with Gasteiger partial charge in [-0.15, -0.1) is 0 Å². The monoisotopic (exact) mass is 335 g/mol. The highest BCUT2D eigenvalue weighted by atomic mass is 32.1. The van der Waals surface area contributed by atoms with Gasteiger partial charge in [-0.25, -0.2) is 0 Å². The van der Waals surface area contributed by atoms with Crippen molar-refractivity contribution in [2.75, 3.05) is 5.32 Å². The summed E-state index contributed by atoms with van der Waals surface area (Å²) in [7, 11) is 0. The molecular formula is C21H21NOS. The van der Waals surface area contributed by atoms with Gasteiger partial charge in [0.2, 0.25) is 0 Å². The van der Waals surface area contributed by atoms with Crippen molar-refractivity contribution in [3.05, 3.63) is 82.3 Å². The smallest absolute Gasteiger partial charge is 0.127 e. The Morgan fingerprint density at radius 2 is 1.62 bits per heavy atom. The molecule has 1 aromatic heterocycles. The van der Waals surface area contributed by atoms with E-state index in [4.69, 9.17) is 16.6 Å². The molecule has 1 heterocycles. The maximum absolute atomic E-state index is 5.87. The fraction of sp³-hybridized carbons (Fsp3) is 0.190. The summed E-state index contributed by atoms with van der Waals surface area (Å²) in [6, 6.07) is 20.7. The van der Waals surface area contributed by atoms with Crippen molar-refractivity contribution in [3.63, 3.8) is 0 Å². The quantitative estimate of drug-likeness (QED) is 0.565. The van der Waals surface area contributed by atoms with Gasteiger partial charge < -0.3 is 9.73 Å². The topological polar surface area (TPSA) is 25.2 Å². The average Bonchev–Trinajstić information content (AvgIpc) is 2.61. The van der Waals surface area contributed by atoms with Crippen molar-refractivity contribution in [3.8, 4) is 11.1 Å². The minimum absolute atomic E-state index is 0.638. The molecule has 0 radical (unpaired) electrons. The molecule has 0 aliphatic rings. The summed E-state index contributed by atoms with van der Waals surface area (Å²) in [6.45, 7) is 4.68. The molecule has 3 aromatic rings. The van der Waals surface area contributed by atoms with E-state index in [2.05, 4.69) is 60.8 Å². The van der Waals surface area contributed by atoms with Crippen LogP contribution >= 0.6 is 12.2 Å². The second-order valence-electron chi connectivity index (χ2n) is 5.77. The first kappa shape index (κ1) is 16.5. The fourth-order valence-corrected chi connectivity index (χ4v) is 3.23. The van der Waals surface area contributed by atoms with E-state index < -0.39 is 0 Å². The third-order valence-electron chi connectivity index (χ3n) is 4.05. The number of nitrogens with one attached hydrogen (secondary N) is 1. The Morgan fingerprint density at radius 3 is 2.29 bits per heavy atom. The van der Waals surface area contributed by atoms with Gasteiger partial charge in [0.15, 0.2) is 0 Å². The van der Waals surface area contributed by atoms with Gasteiger partial charge in [0.05, 0.1) is 6.54 Å². The van der Waals surface area contributed by atoms with E-state index in [1.54, 1.807) is 0 Å². The highest BCUT2D eigenvalue weighted by Gasteiger charge is 2.07. The third-order valence-corrected chi connectivity index (χ3v) is 4.42. The van der Waals surface area contributed by atoms with Crippen LogP contribution in [-0.4, -0.2) is 0 Å². The summed E-state index contributed by atoms with van der Waals surface area (Å²) in [5.74, 6) is 1.78. The number of benzene rings is 2. The molecule has 0 atom stereocenters. The second kappa shape index (κ2) is 7.45. The van der Waals surface area contributed by atoms with Crippen molar-refractivity contribution < 1.29 is 4.42 Å². The lowest BCUT2D eigenvalue weighted by molar-refractivity contribution is 0.464. The molecule has 0 amide bonds. The number of hydrogen-bond donors (Lipinski definition) is 1. The lowest BCUT2D eigenvalue weighted by atomic mass is 10.1. The summed E-state index contributed by atoms with van der Waals surface area (Å²) in [5.41, 5.74) is 4.62. The van der Waals surface area contributed by atoms with Gasteiger partial charge in [-0.2, -0.15) is 0 Å². The number of aryl methyl sites for hydroxylation is 1. The number of anilines is 1. The van der Waals surface area contributed by atoms with Crippen LogP contribution in [0, 0.1) is 11.4 Å². The molecule has 0 aliphatic carbocycles. The normalized spacial score (nSPS) is 10.6. The van der Waals surface area contributed by atoms with Gasteiger partial charge in [0.1, 0.15) is 11.5 Å². The Hall–Kier alpha value is -2.39. The first-order valence-corrected chi connectivity index (χ1v) is 8.60. The SMILES string of the molecule is CCc1c(CNc2ccc(-c3ccccc3)cc2)oc(C)cc1=S. The van der Waals surface area contributed by atoms with Gasteiger partial charge in [-0.3, -0.25) is 0 Å². The van der Waals surface area contributed by atoms with Crippen LogP contribution < -0.4 is 5.32 Å². The predicted octanol–water partition coefficient (Wildman–Crippen LogP) is 6.16. The van der Waals surface area contributed by atoms with Gasteiger partial charge in [0.25, 0.3) is 0 Å². The summed E-state index contributed by atoms with van der Waals surface area (Å²) in [4.78, 5) is 0. The first-order valence-electron chi connectivity index (χ1n) is 8.19. The molecule has 0 spiro atoms. The predicted molar refractivity (Wildman–Crippen MR) is 103 cm³/mol. The molecule has 2 nitrogen and oxygen atoms in total. The molecule has 0 saturated heterocycles. The minimum atomic E-state index is 0.638. The highest BCUT2D eigenvalue weighted by Crippen LogP contribution is 2.22. The number of hydrogen-bond acceptors (Lipinski definition) is 3. The van der Waals surface area contributed by atoms with E-state index >= 15 is 0 Å². The van der Waals surface area contributed by atoms with Crippen LogP contribution in [0.5, 0.6) is 0 Å². The standard InChI is InChI=1S/C21H21NOS/c1-3-19-20(23-15(2)13-21(19)24)14-22-18-11-9-17(10-12-18)16-7-5-4-6-8-16/h4-13,22H,3,14H2,1-2H3. The Morgan fingerprint density at radius 1 is 0.958 bits per heavy atom. The number of rotatable bonds is 5. The van der Waals surface area contributed by atoms with Crippen LogP contribution in [0.2, 0.25) is 0 Å². The summed E-state index contributed by atoms with van der Waals surface area (Å²) >= 11 is 5.44. The van der Waals surface area contributed by atoms with Crippen molar-refractivity contribution in [1.29, 1.82) is 0 Å². The Balaban J connectivity index is 1.75. The van der Waals surface area contributed by atoms with Crippen molar-refractivity contribution in [2.24, 2.45) is 0 Å². The van der Waals surface area contributed by atoms with Crippen LogP contribution in [-0.2, 0) is 13.0 Å². The maximum Gasteiger partial charge on any atom is 0.127 e. The largest absolute Gasteiger partial charge is 0.464 e. The van der Waals surface area contributed by atoms with E-state index in [1.807, 2.05) is 19.1 Å². The third kappa shape index (κ3) is 3.74. The zero-order valence-corrected chi connectivity index (χ0v) is 14.8. The van der Waals surface area contributed by atoms with Crippen LogP contribution in [0.3, 0.4) is 0 Å². The second-order valence-corrected chi connectivity index (χ2v) is 6.21. The molecule has 1 N–H and O–H groups in total. The molecule has 122 valence electrons. The molecule has 0 saturated carbocycles. The van der Waals surface area contributed by atoms with E-state index in [1.165, 1.54) is 11.1 Å². The van der Waals surface area contributed by atoms with Crippen LogP contribution in [0.4, 0.5) is 5.69 Å². The van der Waals surface area contributed by atoms with Crippen LogP contribution in [0.1, 0.15) is 24.0 Å². The molecule has 2 aromatic carbocycles. The molecule has 3 rings (SSSR count). The van der Waals surface area contributed by atoms with E-state index in [-0.39, 0.29) is 0 Å². The molecule has 0 bridgehead atoms. The Kier molecular flexibility index (Phi) is 5.11. The van der Waals surface area contributed by atoms with E-state index in [0.717, 1.165) is 33.7 Å². The minimum Gasteiger partial charge on any atom is -0.464 e. The lowest BCUT2D eigenvalue weighted by Gasteiger charge is -2.11.